The first-order valence-electron chi connectivity index (χ1n) is 5.34. The molecule has 0 atom stereocenters. The zero-order chi connectivity index (χ0) is 13.6. The van der Waals surface area contributed by atoms with Crippen LogP contribution in [0.3, 0.4) is 0 Å². The minimum Gasteiger partial charge on any atom is -0.497 e. The molecule has 1 amide bonds. The Morgan fingerprint density at radius 1 is 1.47 bits per heavy atom. The van der Waals surface area contributed by atoms with Crippen LogP contribution in [-0.4, -0.2) is 23.1 Å². The number of nitrogens with one attached hydrogen (secondary N) is 1. The first-order valence-corrected chi connectivity index (χ1v) is 6.56. The number of methoxy groups -OCH3 is 1. The molecule has 0 spiro atoms. The molecule has 1 aliphatic rings. The predicted molar refractivity (Wildman–Crippen MR) is 72.5 cm³/mol. The van der Waals surface area contributed by atoms with Crippen LogP contribution >= 0.6 is 23.6 Å². The number of aromatic nitrogens is 1. The fourth-order valence-electron chi connectivity index (χ4n) is 1.93. The number of aromatic amines is 1. The van der Waals surface area contributed by atoms with Crippen LogP contribution in [-0.2, 0) is 4.79 Å². The number of fused-ring (bicyclic) bond motifs is 1. The Morgan fingerprint density at radius 2 is 2.26 bits per heavy atom. The number of amides is 1. The molecule has 1 aromatic carbocycles. The van der Waals surface area contributed by atoms with Gasteiger partial charge in [-0.05, 0) is 30.4 Å². The van der Waals surface area contributed by atoms with Crippen LogP contribution in [0, 0.1) is 3.95 Å². The van der Waals surface area contributed by atoms with E-state index in [0.29, 0.717) is 30.7 Å². The van der Waals surface area contributed by atoms with Crippen LogP contribution in [0.2, 0.25) is 0 Å². The van der Waals surface area contributed by atoms with Gasteiger partial charge >= 0.3 is 0 Å². The molecule has 7 heteroatoms. The van der Waals surface area contributed by atoms with Crippen LogP contribution < -0.4 is 15.3 Å². The first-order chi connectivity index (χ1) is 9.10. The van der Waals surface area contributed by atoms with Gasteiger partial charge < -0.3 is 14.8 Å². The van der Waals surface area contributed by atoms with E-state index in [1.54, 1.807) is 25.3 Å². The minimum absolute atomic E-state index is 0.107. The molecular weight excluding hydrogens is 284 g/mol. The Morgan fingerprint density at radius 3 is 2.89 bits per heavy atom. The number of carbonyl (C=O) groups is 1. The lowest BCUT2D eigenvalue weighted by molar-refractivity contribution is -0.112. The number of benzene rings is 1. The topological polar surface area (TPSA) is 74.7 Å². The van der Waals surface area contributed by atoms with Gasteiger partial charge in [-0.2, -0.15) is 0 Å². The molecule has 1 aliphatic heterocycles. The van der Waals surface area contributed by atoms with E-state index in [9.17, 15) is 9.90 Å². The Hall–Kier alpha value is -1.99. The number of thiazole rings is 1. The Kier molecular flexibility index (Phi) is 2.72. The lowest BCUT2D eigenvalue weighted by Gasteiger charge is -1.99. The maximum absolute atomic E-state index is 12.0. The molecule has 5 nitrogen and oxygen atoms in total. The Bertz CT molecular complexity index is 864. The standard InChI is InChI=1S/C12H8N2O3S2/c1-17-5-2-3-7-6(4-5)8(10(15)13-7)9-11(16)14-12(18)19-9/h2-4,16H,1H3,(H,14,18). The van der Waals surface area contributed by atoms with Gasteiger partial charge in [0.25, 0.3) is 5.91 Å². The number of hydrogen-bond acceptors (Lipinski definition) is 5. The van der Waals surface area contributed by atoms with Gasteiger partial charge in [-0.15, -0.1) is 11.3 Å². The minimum atomic E-state index is -0.385. The quantitative estimate of drug-likeness (QED) is 0.806. The summed E-state index contributed by atoms with van der Waals surface area (Å²) in [5, 5.41) is 11.0. The summed E-state index contributed by atoms with van der Waals surface area (Å²) in [5.74, 6) is 0.132. The lowest BCUT2D eigenvalue weighted by atomic mass is 10.1. The third-order valence-corrected chi connectivity index (χ3v) is 4.01. The van der Waals surface area contributed by atoms with Gasteiger partial charge in [0.2, 0.25) is 5.88 Å². The molecule has 3 rings (SSSR count). The second kappa shape index (κ2) is 4.29. The highest BCUT2D eigenvalue weighted by atomic mass is 32.1. The number of aromatic hydroxyl groups is 1. The number of H-pyrrole nitrogens is 1. The monoisotopic (exact) mass is 292 g/mol. The molecule has 2 aromatic rings. The number of rotatable bonds is 2. The van der Waals surface area contributed by atoms with Crippen molar-refractivity contribution >= 4 is 35.0 Å². The molecule has 0 saturated heterocycles. The fraction of sp³-hybridized carbons (Fsp3) is 0.0833. The largest absolute Gasteiger partial charge is 0.497 e. The fourth-order valence-corrected chi connectivity index (χ4v) is 3.06. The molecule has 0 saturated carbocycles. The summed E-state index contributed by atoms with van der Waals surface area (Å²) in [7, 11) is 1.55. The third kappa shape index (κ3) is 1.87. The smallest absolute Gasteiger partial charge is 0.279 e. The van der Waals surface area contributed by atoms with Gasteiger partial charge in [0.15, 0.2) is 3.95 Å². The highest BCUT2D eigenvalue weighted by Gasteiger charge is 2.23. The number of ether oxygens (including phenoxy) is 1. The van der Waals surface area contributed by atoms with Crippen molar-refractivity contribution in [2.24, 2.45) is 4.99 Å². The molecule has 96 valence electrons. The van der Waals surface area contributed by atoms with Gasteiger partial charge in [0, 0.05) is 5.22 Å². The van der Waals surface area contributed by atoms with Crippen molar-refractivity contribution in [1.29, 1.82) is 0 Å². The molecule has 1 aromatic heterocycles. The zero-order valence-electron chi connectivity index (χ0n) is 9.76. The van der Waals surface area contributed by atoms with E-state index < -0.39 is 0 Å². The summed E-state index contributed by atoms with van der Waals surface area (Å²) >= 11 is 6.11. The molecule has 0 unspecified atom stereocenters. The number of hydrogen-bond donors (Lipinski definition) is 2. The first kappa shape index (κ1) is 12.1. The third-order valence-electron chi connectivity index (χ3n) is 2.77. The van der Waals surface area contributed by atoms with Crippen molar-refractivity contribution in [3.8, 4) is 11.6 Å². The molecule has 0 aliphatic carbocycles. The second-order valence-electron chi connectivity index (χ2n) is 3.87. The summed E-state index contributed by atoms with van der Waals surface area (Å²) in [5.41, 5.74) is 0.351. The normalized spacial score (nSPS) is 13.3. The zero-order valence-corrected chi connectivity index (χ0v) is 11.4. The molecular formula is C12H8N2O3S2. The van der Waals surface area contributed by atoms with Gasteiger partial charge in [-0.25, -0.2) is 4.99 Å². The van der Waals surface area contributed by atoms with E-state index in [1.165, 1.54) is 0 Å². The van der Waals surface area contributed by atoms with E-state index >= 15 is 0 Å². The molecule has 2 N–H and O–H groups in total. The highest BCUT2D eigenvalue weighted by Crippen LogP contribution is 2.29. The van der Waals surface area contributed by atoms with Crippen LogP contribution in [0.5, 0.6) is 11.6 Å². The van der Waals surface area contributed by atoms with E-state index in [2.05, 4.69) is 9.98 Å². The maximum atomic E-state index is 12.0. The SMILES string of the molecule is COc1ccc2c(c1)=C(c1sc(=S)[nH]c1O)C(=O)N=2. The number of nitrogens with zero attached hydrogens (tertiary/aromatic N) is 1. The van der Waals surface area contributed by atoms with Crippen molar-refractivity contribution in [2.75, 3.05) is 7.11 Å². The summed E-state index contributed by atoms with van der Waals surface area (Å²) in [6.45, 7) is 0. The van der Waals surface area contributed by atoms with Gasteiger partial charge in [0.05, 0.1) is 18.0 Å². The Labute approximate surface area is 116 Å². The average molecular weight is 292 g/mol. The van der Waals surface area contributed by atoms with Gasteiger partial charge in [-0.1, -0.05) is 0 Å². The highest BCUT2D eigenvalue weighted by molar-refractivity contribution is 7.73. The van der Waals surface area contributed by atoms with E-state index in [1.807, 2.05) is 0 Å². The molecule has 0 fully saturated rings. The average Bonchev–Trinajstić information content (AvgIpc) is 2.86. The number of carbonyl (C=O) groups excluding carboxylic acids is 1. The molecule has 0 bridgehead atoms. The molecule has 19 heavy (non-hydrogen) atoms. The predicted octanol–water partition coefficient (Wildman–Crippen LogP) is 0.879. The summed E-state index contributed by atoms with van der Waals surface area (Å²) in [6.07, 6.45) is 0. The van der Waals surface area contributed by atoms with E-state index in [4.69, 9.17) is 17.0 Å². The molecule has 0 radical (unpaired) electrons. The second-order valence-corrected chi connectivity index (χ2v) is 5.55. The summed E-state index contributed by atoms with van der Waals surface area (Å²) in [4.78, 5) is 19.0. The van der Waals surface area contributed by atoms with E-state index in [0.717, 1.165) is 11.3 Å². The summed E-state index contributed by atoms with van der Waals surface area (Å²) in [6, 6.07) is 5.17. The summed E-state index contributed by atoms with van der Waals surface area (Å²) < 4.78 is 5.55. The van der Waals surface area contributed by atoms with Gasteiger partial charge in [-0.3, -0.25) is 4.79 Å². The van der Waals surface area contributed by atoms with Crippen LogP contribution in [0.1, 0.15) is 4.88 Å². The Balaban J connectivity index is 2.40. The van der Waals surface area contributed by atoms with Crippen LogP contribution in [0.25, 0.3) is 5.57 Å². The van der Waals surface area contributed by atoms with Gasteiger partial charge in [0.1, 0.15) is 10.6 Å². The van der Waals surface area contributed by atoms with Crippen LogP contribution in [0.4, 0.5) is 0 Å². The maximum Gasteiger partial charge on any atom is 0.279 e. The van der Waals surface area contributed by atoms with Crippen molar-refractivity contribution in [3.05, 3.63) is 37.6 Å². The van der Waals surface area contributed by atoms with Crippen molar-refractivity contribution in [3.63, 3.8) is 0 Å². The van der Waals surface area contributed by atoms with Crippen LogP contribution in [0.15, 0.2) is 23.2 Å². The van der Waals surface area contributed by atoms with Crippen molar-refractivity contribution in [2.45, 2.75) is 0 Å². The van der Waals surface area contributed by atoms with E-state index in [-0.39, 0.29) is 11.8 Å². The van der Waals surface area contributed by atoms with Crippen molar-refractivity contribution in [1.82, 2.24) is 4.98 Å². The van der Waals surface area contributed by atoms with Crippen molar-refractivity contribution < 1.29 is 14.6 Å². The lowest BCUT2D eigenvalue weighted by Crippen LogP contribution is -2.23. The molecule has 2 heterocycles.